The van der Waals surface area contributed by atoms with Crippen LogP contribution in [0.2, 0.25) is 0 Å². The Morgan fingerprint density at radius 1 is 1.10 bits per heavy atom. The summed E-state index contributed by atoms with van der Waals surface area (Å²) in [6.45, 7) is 0. The first kappa shape index (κ1) is 13.9. The molecule has 21 heavy (non-hydrogen) atoms. The quantitative estimate of drug-likeness (QED) is 0.771. The van der Waals surface area contributed by atoms with Gasteiger partial charge < -0.3 is 5.32 Å². The molecule has 0 amide bonds. The van der Waals surface area contributed by atoms with Gasteiger partial charge in [0.15, 0.2) is 0 Å². The van der Waals surface area contributed by atoms with Crippen LogP contribution in [0.3, 0.4) is 0 Å². The highest BCUT2D eigenvalue weighted by atomic mass is 32.2. The molecule has 6 nitrogen and oxygen atoms in total. The number of aromatic nitrogens is 2. The lowest BCUT2D eigenvalue weighted by atomic mass is 10.3. The molecule has 2 aromatic heterocycles. The molecule has 0 bridgehead atoms. The van der Waals surface area contributed by atoms with Crippen LogP contribution in [-0.2, 0) is 10.0 Å². The number of benzene rings is 1. The fourth-order valence-corrected chi connectivity index (χ4v) is 3.32. The minimum absolute atomic E-state index is 0.221. The molecule has 0 aliphatic carbocycles. The second-order valence-electron chi connectivity index (χ2n) is 4.22. The molecule has 2 N–H and O–H groups in total. The van der Waals surface area contributed by atoms with Crippen LogP contribution in [0.15, 0.2) is 46.9 Å². The van der Waals surface area contributed by atoms with Gasteiger partial charge in [-0.3, -0.25) is 0 Å². The number of nitrogens with one attached hydrogen (secondary N) is 2. The van der Waals surface area contributed by atoms with E-state index in [0.29, 0.717) is 5.82 Å². The fraction of sp³-hybridized carbons (Fsp3) is 0.0769. The number of thiophene rings is 1. The van der Waals surface area contributed by atoms with Gasteiger partial charge in [-0.05, 0) is 42.8 Å². The summed E-state index contributed by atoms with van der Waals surface area (Å²) in [5, 5.41) is 6.06. The number of anilines is 2. The van der Waals surface area contributed by atoms with E-state index < -0.39 is 10.0 Å². The maximum Gasteiger partial charge on any atom is 0.240 e. The van der Waals surface area contributed by atoms with Crippen molar-refractivity contribution in [1.82, 2.24) is 14.7 Å². The van der Waals surface area contributed by atoms with Crippen molar-refractivity contribution < 1.29 is 8.42 Å². The van der Waals surface area contributed by atoms with Crippen LogP contribution in [0.5, 0.6) is 0 Å². The lowest BCUT2D eigenvalue weighted by molar-refractivity contribution is 0.588. The van der Waals surface area contributed by atoms with Crippen LogP contribution in [0.1, 0.15) is 0 Å². The van der Waals surface area contributed by atoms with Crippen molar-refractivity contribution in [3.05, 3.63) is 42.0 Å². The summed E-state index contributed by atoms with van der Waals surface area (Å²) in [4.78, 5) is 9.52. The van der Waals surface area contributed by atoms with Gasteiger partial charge in [0.25, 0.3) is 0 Å². The third-order valence-electron chi connectivity index (χ3n) is 2.96. The summed E-state index contributed by atoms with van der Waals surface area (Å²) >= 11 is 1.54. The molecular formula is C13H12N4O2S2. The van der Waals surface area contributed by atoms with Crippen LogP contribution < -0.4 is 10.0 Å². The zero-order valence-electron chi connectivity index (χ0n) is 11.1. The number of nitrogens with zero attached hydrogens (tertiary/aromatic N) is 2. The molecule has 8 heteroatoms. The number of sulfonamides is 1. The topological polar surface area (TPSA) is 84.0 Å². The van der Waals surface area contributed by atoms with E-state index in [2.05, 4.69) is 20.0 Å². The first-order valence-corrected chi connectivity index (χ1v) is 8.45. The van der Waals surface area contributed by atoms with Crippen molar-refractivity contribution in [3.63, 3.8) is 0 Å². The van der Waals surface area contributed by atoms with Crippen molar-refractivity contribution in [2.24, 2.45) is 0 Å². The predicted molar refractivity (Wildman–Crippen MR) is 83.4 cm³/mol. The van der Waals surface area contributed by atoms with Gasteiger partial charge in [0.1, 0.15) is 17.0 Å². The number of hydrogen-bond acceptors (Lipinski definition) is 6. The average molecular weight is 320 g/mol. The molecule has 2 heterocycles. The molecule has 0 saturated heterocycles. The molecule has 1 aromatic carbocycles. The predicted octanol–water partition coefficient (Wildman–Crippen LogP) is 2.34. The summed E-state index contributed by atoms with van der Waals surface area (Å²) in [6.07, 6.45) is 1.50. The van der Waals surface area contributed by atoms with Crippen LogP contribution in [0.4, 0.5) is 11.5 Å². The smallest absolute Gasteiger partial charge is 0.240 e. The highest BCUT2D eigenvalue weighted by Crippen LogP contribution is 2.26. The third-order valence-corrected chi connectivity index (χ3v) is 5.21. The highest BCUT2D eigenvalue weighted by Gasteiger charge is 2.11. The summed E-state index contributed by atoms with van der Waals surface area (Å²) < 4.78 is 25.6. The van der Waals surface area contributed by atoms with Crippen molar-refractivity contribution in [1.29, 1.82) is 0 Å². The molecule has 0 aliphatic rings. The van der Waals surface area contributed by atoms with Crippen molar-refractivity contribution in [2.75, 3.05) is 12.4 Å². The van der Waals surface area contributed by atoms with Gasteiger partial charge in [0, 0.05) is 5.69 Å². The molecule has 3 rings (SSSR count). The van der Waals surface area contributed by atoms with E-state index in [9.17, 15) is 8.42 Å². The van der Waals surface area contributed by atoms with E-state index >= 15 is 0 Å². The van der Waals surface area contributed by atoms with Crippen LogP contribution in [0, 0.1) is 0 Å². The Morgan fingerprint density at radius 2 is 1.86 bits per heavy atom. The van der Waals surface area contributed by atoms with Crippen LogP contribution >= 0.6 is 11.3 Å². The highest BCUT2D eigenvalue weighted by molar-refractivity contribution is 7.89. The largest absolute Gasteiger partial charge is 0.340 e. The average Bonchev–Trinajstić information content (AvgIpc) is 2.97. The molecule has 0 radical (unpaired) electrons. The van der Waals surface area contributed by atoms with Crippen molar-refractivity contribution in [3.8, 4) is 0 Å². The monoisotopic (exact) mass is 320 g/mol. The number of rotatable bonds is 4. The second-order valence-corrected chi connectivity index (χ2v) is 7.00. The molecular weight excluding hydrogens is 308 g/mol. The van der Waals surface area contributed by atoms with Crippen LogP contribution in [0.25, 0.3) is 10.2 Å². The third kappa shape index (κ3) is 2.73. The Balaban J connectivity index is 1.91. The van der Waals surface area contributed by atoms with E-state index in [4.69, 9.17) is 0 Å². The van der Waals surface area contributed by atoms with E-state index in [-0.39, 0.29) is 4.90 Å². The van der Waals surface area contributed by atoms with Gasteiger partial charge in [-0.1, -0.05) is 0 Å². The van der Waals surface area contributed by atoms with Gasteiger partial charge >= 0.3 is 0 Å². The van der Waals surface area contributed by atoms with Gasteiger partial charge in [0.05, 0.1) is 10.3 Å². The molecule has 0 aliphatic heterocycles. The molecule has 0 atom stereocenters. The molecule has 0 saturated carbocycles. The number of hydrogen-bond donors (Lipinski definition) is 2. The van der Waals surface area contributed by atoms with E-state index in [1.165, 1.54) is 13.4 Å². The SMILES string of the molecule is CNS(=O)(=O)c1ccc(Nc2ncnc3sccc23)cc1. The molecule has 0 unspecified atom stereocenters. The van der Waals surface area contributed by atoms with E-state index in [0.717, 1.165) is 15.9 Å². The minimum Gasteiger partial charge on any atom is -0.340 e. The second kappa shape index (κ2) is 5.40. The van der Waals surface area contributed by atoms with Gasteiger partial charge in [-0.25, -0.2) is 23.1 Å². The number of fused-ring (bicyclic) bond motifs is 1. The fourth-order valence-electron chi connectivity index (χ4n) is 1.86. The summed E-state index contributed by atoms with van der Waals surface area (Å²) in [5.41, 5.74) is 0.760. The van der Waals surface area contributed by atoms with Crippen molar-refractivity contribution in [2.45, 2.75) is 4.90 Å². The summed E-state index contributed by atoms with van der Waals surface area (Å²) in [7, 11) is -2.03. The Hall–Kier alpha value is -2.03. The maximum absolute atomic E-state index is 11.7. The normalized spacial score (nSPS) is 11.7. The Bertz CT molecular complexity index is 873. The first-order valence-electron chi connectivity index (χ1n) is 6.09. The lowest BCUT2D eigenvalue weighted by Crippen LogP contribution is -2.18. The molecule has 0 spiro atoms. The Labute approximate surface area is 125 Å². The maximum atomic E-state index is 11.7. The lowest BCUT2D eigenvalue weighted by Gasteiger charge is -2.07. The summed E-state index contributed by atoms with van der Waals surface area (Å²) in [6, 6.07) is 8.43. The Morgan fingerprint density at radius 3 is 2.57 bits per heavy atom. The Kier molecular flexibility index (Phi) is 3.58. The zero-order valence-corrected chi connectivity index (χ0v) is 12.7. The van der Waals surface area contributed by atoms with Gasteiger partial charge in [-0.2, -0.15) is 0 Å². The first-order chi connectivity index (χ1) is 10.1. The van der Waals surface area contributed by atoms with Crippen molar-refractivity contribution >= 4 is 43.1 Å². The van der Waals surface area contributed by atoms with E-state index in [1.807, 2.05) is 11.4 Å². The molecule has 0 fully saturated rings. The minimum atomic E-state index is -3.42. The van der Waals surface area contributed by atoms with E-state index in [1.54, 1.807) is 35.6 Å². The molecule has 3 aromatic rings. The van der Waals surface area contributed by atoms with Crippen LogP contribution in [-0.4, -0.2) is 25.4 Å². The standard InChI is InChI=1S/C13H12N4O2S2/c1-14-21(18,19)10-4-2-9(3-5-10)17-12-11-6-7-20-13(11)16-8-15-12/h2-8,14H,1H3,(H,15,16,17). The zero-order chi connectivity index (χ0) is 14.9. The molecule has 108 valence electrons. The van der Waals surface area contributed by atoms with Gasteiger partial charge in [-0.15, -0.1) is 11.3 Å². The van der Waals surface area contributed by atoms with Gasteiger partial charge in [0.2, 0.25) is 10.0 Å². The summed E-state index contributed by atoms with van der Waals surface area (Å²) in [5.74, 6) is 0.700.